The first-order valence-electron chi connectivity index (χ1n) is 6.96. The van der Waals surface area contributed by atoms with Crippen molar-refractivity contribution in [2.24, 2.45) is 0 Å². The second-order valence-corrected chi connectivity index (χ2v) is 4.38. The maximum Gasteiger partial charge on any atom is 0.0367 e. The van der Waals surface area contributed by atoms with Gasteiger partial charge in [-0.05, 0) is 31.7 Å². The lowest BCUT2D eigenvalue weighted by Gasteiger charge is -2.34. The molecule has 1 aliphatic rings. The molecule has 0 saturated carbocycles. The highest BCUT2D eigenvalue weighted by atomic mass is 15.2. The van der Waals surface area contributed by atoms with Crippen molar-refractivity contribution in [3.05, 3.63) is 35.9 Å². The summed E-state index contributed by atoms with van der Waals surface area (Å²) in [5.74, 6) is 0. The van der Waals surface area contributed by atoms with Crippen molar-refractivity contribution >= 4 is 11.8 Å². The molecule has 2 heteroatoms. The first-order valence-corrected chi connectivity index (χ1v) is 6.96. The van der Waals surface area contributed by atoms with Gasteiger partial charge in [0.05, 0.1) is 0 Å². The van der Waals surface area contributed by atoms with Crippen LogP contribution in [0.25, 0.3) is 6.08 Å². The van der Waals surface area contributed by atoms with E-state index in [4.69, 9.17) is 0 Å². The second-order valence-electron chi connectivity index (χ2n) is 4.38. The van der Waals surface area contributed by atoms with E-state index in [0.29, 0.717) is 0 Å². The van der Waals surface area contributed by atoms with Crippen LogP contribution in [0.5, 0.6) is 0 Å². The molecule has 0 unspecified atom stereocenters. The van der Waals surface area contributed by atoms with Gasteiger partial charge in [-0.25, -0.2) is 0 Å². The molecular formula is C16H26N2. The topological polar surface area (TPSA) is 6.48 Å². The van der Waals surface area contributed by atoms with Gasteiger partial charge in [-0.2, -0.15) is 0 Å². The first kappa shape index (κ1) is 14.8. The minimum atomic E-state index is 1.14. The van der Waals surface area contributed by atoms with Crippen molar-refractivity contribution in [2.45, 2.75) is 20.8 Å². The molecule has 100 valence electrons. The molecule has 0 radical (unpaired) electrons. The second kappa shape index (κ2) is 7.93. The molecule has 0 N–H and O–H groups in total. The van der Waals surface area contributed by atoms with Crippen LogP contribution in [-0.2, 0) is 0 Å². The quantitative estimate of drug-likeness (QED) is 0.788. The van der Waals surface area contributed by atoms with Gasteiger partial charge in [0.1, 0.15) is 0 Å². The van der Waals surface area contributed by atoms with Gasteiger partial charge in [-0.15, -0.1) is 0 Å². The normalized spacial score (nSPS) is 16.6. The Morgan fingerprint density at radius 3 is 2.00 bits per heavy atom. The van der Waals surface area contributed by atoms with Crippen molar-refractivity contribution in [3.63, 3.8) is 0 Å². The number of anilines is 1. The van der Waals surface area contributed by atoms with E-state index in [2.05, 4.69) is 53.3 Å². The molecule has 0 aliphatic carbocycles. The van der Waals surface area contributed by atoms with Gasteiger partial charge in [0.25, 0.3) is 0 Å². The average Bonchev–Trinajstić information content (AvgIpc) is 2.43. The predicted molar refractivity (Wildman–Crippen MR) is 82.2 cm³/mol. The van der Waals surface area contributed by atoms with E-state index in [1.807, 2.05) is 20.8 Å². The maximum absolute atomic E-state index is 2.46. The van der Waals surface area contributed by atoms with E-state index in [1.165, 1.54) is 11.3 Å². The van der Waals surface area contributed by atoms with Gasteiger partial charge in [-0.1, -0.05) is 38.1 Å². The minimum Gasteiger partial charge on any atom is -0.369 e. The summed E-state index contributed by atoms with van der Waals surface area (Å²) in [6.07, 6.45) is 4.21. The third kappa shape index (κ3) is 4.19. The van der Waals surface area contributed by atoms with Gasteiger partial charge < -0.3 is 9.80 Å². The van der Waals surface area contributed by atoms with Crippen molar-refractivity contribution in [1.82, 2.24) is 4.90 Å². The summed E-state index contributed by atoms with van der Waals surface area (Å²) in [7, 11) is 2.19. The van der Waals surface area contributed by atoms with Gasteiger partial charge in [0, 0.05) is 31.9 Å². The highest BCUT2D eigenvalue weighted by Crippen LogP contribution is 2.17. The standard InChI is InChI=1S/C14H20N2.C2H6/c1-3-4-13-5-7-14(8-6-13)16-11-9-15(2)10-12-16;1-2/h3-8H,9-12H2,1-2H3;1-2H3/b4-3+;. The van der Waals surface area contributed by atoms with Crippen LogP contribution >= 0.6 is 0 Å². The number of piperazine rings is 1. The summed E-state index contributed by atoms with van der Waals surface area (Å²) in [6.45, 7) is 10.7. The number of likely N-dealkylation sites (N-methyl/N-ethyl adjacent to an activating group) is 1. The molecule has 1 aliphatic heterocycles. The number of hydrogen-bond donors (Lipinski definition) is 0. The zero-order valence-corrected chi connectivity index (χ0v) is 12.2. The lowest BCUT2D eigenvalue weighted by atomic mass is 10.1. The Morgan fingerprint density at radius 1 is 0.944 bits per heavy atom. The minimum absolute atomic E-state index is 1.14. The predicted octanol–water partition coefficient (Wildman–Crippen LogP) is 3.50. The molecule has 0 spiro atoms. The Hall–Kier alpha value is -1.28. The van der Waals surface area contributed by atoms with E-state index in [1.54, 1.807) is 0 Å². The Labute approximate surface area is 112 Å². The summed E-state index contributed by atoms with van der Waals surface area (Å²) < 4.78 is 0. The van der Waals surface area contributed by atoms with Crippen molar-refractivity contribution in [1.29, 1.82) is 0 Å². The van der Waals surface area contributed by atoms with Gasteiger partial charge >= 0.3 is 0 Å². The summed E-state index contributed by atoms with van der Waals surface area (Å²) in [5, 5.41) is 0. The zero-order chi connectivity index (χ0) is 13.4. The summed E-state index contributed by atoms with van der Waals surface area (Å²) in [6, 6.07) is 8.82. The SMILES string of the molecule is C/C=C/c1ccc(N2CCN(C)CC2)cc1.CC. The summed E-state index contributed by atoms with van der Waals surface area (Å²) >= 11 is 0. The average molecular weight is 246 g/mol. The van der Waals surface area contributed by atoms with Gasteiger partial charge in [0.2, 0.25) is 0 Å². The fraction of sp³-hybridized carbons (Fsp3) is 0.500. The lowest BCUT2D eigenvalue weighted by molar-refractivity contribution is 0.313. The maximum atomic E-state index is 2.46. The molecule has 2 rings (SSSR count). The van der Waals surface area contributed by atoms with Crippen molar-refractivity contribution in [2.75, 3.05) is 38.1 Å². The smallest absolute Gasteiger partial charge is 0.0367 e. The van der Waals surface area contributed by atoms with Crippen molar-refractivity contribution < 1.29 is 0 Å². The molecule has 0 aromatic heterocycles. The van der Waals surface area contributed by atoms with E-state index in [9.17, 15) is 0 Å². The third-order valence-corrected chi connectivity index (χ3v) is 3.12. The van der Waals surface area contributed by atoms with Crippen LogP contribution in [0.3, 0.4) is 0 Å². The zero-order valence-electron chi connectivity index (χ0n) is 12.2. The molecule has 1 aromatic rings. The highest BCUT2D eigenvalue weighted by molar-refractivity contribution is 5.55. The summed E-state index contributed by atoms with van der Waals surface area (Å²) in [5.41, 5.74) is 2.63. The van der Waals surface area contributed by atoms with Crippen LogP contribution in [0.2, 0.25) is 0 Å². The molecule has 0 atom stereocenters. The largest absolute Gasteiger partial charge is 0.369 e. The fourth-order valence-electron chi connectivity index (χ4n) is 2.05. The van der Waals surface area contributed by atoms with Crippen LogP contribution < -0.4 is 4.90 Å². The molecule has 1 saturated heterocycles. The molecule has 0 bridgehead atoms. The number of rotatable bonds is 2. The third-order valence-electron chi connectivity index (χ3n) is 3.12. The summed E-state index contributed by atoms with van der Waals surface area (Å²) in [4.78, 5) is 4.84. The molecule has 1 fully saturated rings. The van der Waals surface area contributed by atoms with E-state index < -0.39 is 0 Å². The number of allylic oxidation sites excluding steroid dienone is 1. The Bertz CT molecular complexity index is 346. The molecular weight excluding hydrogens is 220 g/mol. The fourth-order valence-corrected chi connectivity index (χ4v) is 2.05. The van der Waals surface area contributed by atoms with Gasteiger partial charge in [-0.3, -0.25) is 0 Å². The van der Waals surface area contributed by atoms with Gasteiger partial charge in [0.15, 0.2) is 0 Å². The Balaban J connectivity index is 0.000000771. The molecule has 1 heterocycles. The van der Waals surface area contributed by atoms with E-state index >= 15 is 0 Å². The number of nitrogens with zero attached hydrogens (tertiary/aromatic N) is 2. The Kier molecular flexibility index (Phi) is 6.51. The van der Waals surface area contributed by atoms with Crippen LogP contribution in [0.1, 0.15) is 26.3 Å². The lowest BCUT2D eigenvalue weighted by Crippen LogP contribution is -2.44. The monoisotopic (exact) mass is 246 g/mol. The number of benzene rings is 1. The molecule has 1 aromatic carbocycles. The number of hydrogen-bond acceptors (Lipinski definition) is 2. The molecule has 0 amide bonds. The van der Waals surface area contributed by atoms with Crippen LogP contribution in [0.4, 0.5) is 5.69 Å². The van der Waals surface area contributed by atoms with Crippen molar-refractivity contribution in [3.8, 4) is 0 Å². The highest BCUT2D eigenvalue weighted by Gasteiger charge is 2.13. The van der Waals surface area contributed by atoms with E-state index in [0.717, 1.165) is 26.2 Å². The molecule has 2 nitrogen and oxygen atoms in total. The van der Waals surface area contributed by atoms with E-state index in [-0.39, 0.29) is 0 Å². The molecule has 18 heavy (non-hydrogen) atoms. The van der Waals surface area contributed by atoms with Crippen LogP contribution in [-0.4, -0.2) is 38.1 Å². The van der Waals surface area contributed by atoms with Crippen LogP contribution in [0, 0.1) is 0 Å². The van der Waals surface area contributed by atoms with Crippen LogP contribution in [0.15, 0.2) is 30.3 Å². The Morgan fingerprint density at radius 2 is 1.50 bits per heavy atom. The first-order chi connectivity index (χ1) is 8.79.